The molecule has 0 saturated carbocycles. The standard InChI is InChI=1S/C22H24N4S/c1-14(2)16-8-10-17(11-9-16)26-21(19-12-7-15(3)24-19)20(25-22(26)27)18-6-4-5-13-23-18/h4-14,20-21,24H,1-3H3,(H,25,27)/t20-,21+/m0/s1. The van der Waals surface area contributed by atoms with Gasteiger partial charge in [-0.2, -0.15) is 0 Å². The van der Waals surface area contributed by atoms with E-state index in [1.54, 1.807) is 0 Å². The summed E-state index contributed by atoms with van der Waals surface area (Å²) >= 11 is 5.74. The van der Waals surface area contributed by atoms with Crippen LogP contribution in [-0.2, 0) is 0 Å². The van der Waals surface area contributed by atoms with E-state index >= 15 is 0 Å². The molecule has 1 aromatic carbocycles. The zero-order chi connectivity index (χ0) is 19.0. The van der Waals surface area contributed by atoms with Crippen molar-refractivity contribution >= 4 is 23.0 Å². The normalized spacial score (nSPS) is 19.6. The van der Waals surface area contributed by atoms with Crippen molar-refractivity contribution in [3.05, 3.63) is 83.4 Å². The maximum Gasteiger partial charge on any atom is 0.174 e. The number of aromatic amines is 1. The summed E-state index contributed by atoms with van der Waals surface area (Å²) in [4.78, 5) is 10.3. The lowest BCUT2D eigenvalue weighted by molar-refractivity contribution is 0.558. The van der Waals surface area contributed by atoms with Gasteiger partial charge in [0.15, 0.2) is 5.11 Å². The topological polar surface area (TPSA) is 44.0 Å². The van der Waals surface area contributed by atoms with Gasteiger partial charge in [-0.25, -0.2) is 0 Å². The van der Waals surface area contributed by atoms with Gasteiger partial charge in [-0.3, -0.25) is 4.98 Å². The number of nitrogens with zero attached hydrogens (tertiary/aromatic N) is 2. The molecule has 1 aliphatic heterocycles. The lowest BCUT2D eigenvalue weighted by atomic mass is 10.00. The van der Waals surface area contributed by atoms with E-state index in [4.69, 9.17) is 12.2 Å². The third-order valence-electron chi connectivity index (χ3n) is 5.11. The number of aryl methyl sites for hydroxylation is 1. The Morgan fingerprint density at radius 2 is 1.81 bits per heavy atom. The minimum absolute atomic E-state index is 0.0125. The first-order chi connectivity index (χ1) is 13.0. The molecule has 3 aromatic rings. The van der Waals surface area contributed by atoms with Crippen LogP contribution in [-0.4, -0.2) is 15.1 Å². The predicted molar refractivity (Wildman–Crippen MR) is 114 cm³/mol. The maximum absolute atomic E-state index is 5.74. The highest BCUT2D eigenvalue weighted by atomic mass is 32.1. The lowest BCUT2D eigenvalue weighted by Crippen LogP contribution is -2.29. The quantitative estimate of drug-likeness (QED) is 0.628. The second-order valence-electron chi connectivity index (χ2n) is 7.34. The second kappa shape index (κ2) is 7.16. The fourth-order valence-corrected chi connectivity index (χ4v) is 4.01. The monoisotopic (exact) mass is 376 g/mol. The summed E-state index contributed by atoms with van der Waals surface area (Å²) in [6.45, 7) is 6.49. The van der Waals surface area contributed by atoms with Crippen molar-refractivity contribution in [1.29, 1.82) is 0 Å². The number of nitrogens with one attached hydrogen (secondary N) is 2. The van der Waals surface area contributed by atoms with Crippen LogP contribution in [0.5, 0.6) is 0 Å². The van der Waals surface area contributed by atoms with Gasteiger partial charge in [0, 0.05) is 23.3 Å². The lowest BCUT2D eigenvalue weighted by Gasteiger charge is -2.27. The van der Waals surface area contributed by atoms with Gasteiger partial charge in [-0.15, -0.1) is 0 Å². The first kappa shape index (κ1) is 17.7. The van der Waals surface area contributed by atoms with Crippen LogP contribution in [0.2, 0.25) is 0 Å². The zero-order valence-electron chi connectivity index (χ0n) is 15.8. The molecular weight excluding hydrogens is 352 g/mol. The minimum Gasteiger partial charge on any atom is -0.361 e. The van der Waals surface area contributed by atoms with Gasteiger partial charge < -0.3 is 15.2 Å². The van der Waals surface area contributed by atoms with E-state index in [1.807, 2.05) is 18.3 Å². The number of H-pyrrole nitrogens is 1. The zero-order valence-corrected chi connectivity index (χ0v) is 16.6. The third kappa shape index (κ3) is 3.35. The number of anilines is 1. The molecule has 27 heavy (non-hydrogen) atoms. The maximum atomic E-state index is 5.74. The Labute approximate surface area is 165 Å². The molecule has 1 fully saturated rings. The smallest absolute Gasteiger partial charge is 0.174 e. The molecule has 0 bridgehead atoms. The molecule has 5 heteroatoms. The largest absolute Gasteiger partial charge is 0.361 e. The van der Waals surface area contributed by atoms with E-state index in [9.17, 15) is 0 Å². The molecular formula is C22H24N4S. The van der Waals surface area contributed by atoms with Gasteiger partial charge in [0.25, 0.3) is 0 Å². The van der Waals surface area contributed by atoms with Crippen LogP contribution >= 0.6 is 12.2 Å². The number of thiocarbonyl (C=S) groups is 1. The number of benzene rings is 1. The molecule has 4 rings (SSSR count). The van der Waals surface area contributed by atoms with Crippen LogP contribution in [0.15, 0.2) is 60.8 Å². The van der Waals surface area contributed by atoms with E-state index in [0.717, 1.165) is 27.9 Å². The molecule has 1 aliphatic rings. The summed E-state index contributed by atoms with van der Waals surface area (Å²) in [7, 11) is 0. The molecule has 2 atom stereocenters. The van der Waals surface area contributed by atoms with E-state index in [-0.39, 0.29) is 12.1 Å². The number of hydrogen-bond donors (Lipinski definition) is 2. The molecule has 0 radical (unpaired) electrons. The highest BCUT2D eigenvalue weighted by Crippen LogP contribution is 2.41. The SMILES string of the molecule is Cc1ccc([C@@H]2[C@H](c3ccccn3)NC(=S)N2c2ccc(C(C)C)cc2)[nH]1. The number of hydrogen-bond acceptors (Lipinski definition) is 2. The average molecular weight is 377 g/mol. The molecule has 2 N–H and O–H groups in total. The molecule has 1 saturated heterocycles. The van der Waals surface area contributed by atoms with Gasteiger partial charge in [-0.1, -0.05) is 32.0 Å². The predicted octanol–water partition coefficient (Wildman–Crippen LogP) is 5.02. The van der Waals surface area contributed by atoms with E-state index in [2.05, 4.69) is 83.4 Å². The number of rotatable bonds is 4. The Hall–Kier alpha value is -2.66. The molecule has 3 heterocycles. The second-order valence-corrected chi connectivity index (χ2v) is 7.73. The summed E-state index contributed by atoms with van der Waals surface area (Å²) in [5.74, 6) is 0.505. The van der Waals surface area contributed by atoms with Crippen molar-refractivity contribution in [1.82, 2.24) is 15.3 Å². The van der Waals surface area contributed by atoms with Crippen molar-refractivity contribution in [2.24, 2.45) is 0 Å². The first-order valence-corrected chi connectivity index (χ1v) is 9.71. The van der Waals surface area contributed by atoms with Gasteiger partial charge in [0.1, 0.15) is 6.04 Å². The van der Waals surface area contributed by atoms with E-state index in [0.29, 0.717) is 5.92 Å². The first-order valence-electron chi connectivity index (χ1n) is 9.30. The molecule has 0 spiro atoms. The Bertz CT molecular complexity index is 930. The van der Waals surface area contributed by atoms with Crippen molar-refractivity contribution < 1.29 is 0 Å². The molecule has 0 unspecified atom stereocenters. The summed E-state index contributed by atoms with van der Waals surface area (Å²) in [6, 6.07) is 19.0. The Kier molecular flexibility index (Phi) is 4.70. The molecule has 4 nitrogen and oxygen atoms in total. The fourth-order valence-electron chi connectivity index (χ4n) is 3.67. The Morgan fingerprint density at radius 1 is 1.04 bits per heavy atom. The summed E-state index contributed by atoms with van der Waals surface area (Å²) in [6.07, 6.45) is 1.83. The van der Waals surface area contributed by atoms with Crippen LogP contribution < -0.4 is 10.2 Å². The summed E-state index contributed by atoms with van der Waals surface area (Å²) in [5.41, 5.74) is 5.66. The van der Waals surface area contributed by atoms with Crippen LogP contribution in [0.25, 0.3) is 0 Å². The Morgan fingerprint density at radius 3 is 2.41 bits per heavy atom. The summed E-state index contributed by atoms with van der Waals surface area (Å²) in [5, 5.41) is 4.21. The number of pyridine rings is 1. The molecule has 2 aromatic heterocycles. The van der Waals surface area contributed by atoms with Crippen molar-refractivity contribution in [3.8, 4) is 0 Å². The van der Waals surface area contributed by atoms with Gasteiger partial charge in [-0.05, 0) is 67.0 Å². The average Bonchev–Trinajstić information content (AvgIpc) is 3.25. The number of aromatic nitrogens is 2. The van der Waals surface area contributed by atoms with Gasteiger partial charge in [0.2, 0.25) is 0 Å². The van der Waals surface area contributed by atoms with Gasteiger partial charge >= 0.3 is 0 Å². The van der Waals surface area contributed by atoms with E-state index < -0.39 is 0 Å². The molecule has 0 amide bonds. The van der Waals surface area contributed by atoms with Crippen LogP contribution in [0.3, 0.4) is 0 Å². The highest BCUT2D eigenvalue weighted by Gasteiger charge is 2.41. The third-order valence-corrected chi connectivity index (χ3v) is 5.42. The highest BCUT2D eigenvalue weighted by molar-refractivity contribution is 7.80. The van der Waals surface area contributed by atoms with Crippen molar-refractivity contribution in [2.75, 3.05) is 4.90 Å². The Balaban J connectivity index is 1.78. The van der Waals surface area contributed by atoms with Crippen LogP contribution in [0.4, 0.5) is 5.69 Å². The fraction of sp³-hybridized carbons (Fsp3) is 0.273. The van der Waals surface area contributed by atoms with Crippen LogP contribution in [0, 0.1) is 6.92 Å². The minimum atomic E-state index is -0.0125. The summed E-state index contributed by atoms with van der Waals surface area (Å²) < 4.78 is 0. The van der Waals surface area contributed by atoms with E-state index in [1.165, 1.54) is 5.56 Å². The molecule has 138 valence electrons. The van der Waals surface area contributed by atoms with Crippen molar-refractivity contribution in [3.63, 3.8) is 0 Å². The van der Waals surface area contributed by atoms with Crippen molar-refractivity contribution in [2.45, 2.75) is 38.8 Å². The van der Waals surface area contributed by atoms with Crippen LogP contribution in [0.1, 0.15) is 54.5 Å². The molecule has 0 aliphatic carbocycles. The van der Waals surface area contributed by atoms with Gasteiger partial charge in [0.05, 0.1) is 11.7 Å².